The third-order valence-corrected chi connectivity index (χ3v) is 7.15. The predicted molar refractivity (Wildman–Crippen MR) is 143 cm³/mol. The van der Waals surface area contributed by atoms with Gasteiger partial charge >= 0.3 is 6.03 Å². The molecule has 1 unspecified atom stereocenters. The SMILES string of the molecule is COc1ccc(C2c3cccn3-c3ccccc3N2C(=O)CN(C(=O)Nc2ccc(F)cc2F)C2CC2)cc1. The lowest BCUT2D eigenvalue weighted by molar-refractivity contribution is -0.119. The number of halogens is 2. The fourth-order valence-corrected chi connectivity index (χ4v) is 5.12. The molecule has 198 valence electrons. The van der Waals surface area contributed by atoms with Crippen molar-refractivity contribution in [2.45, 2.75) is 24.9 Å². The van der Waals surface area contributed by atoms with Gasteiger partial charge in [0.25, 0.3) is 0 Å². The van der Waals surface area contributed by atoms with Gasteiger partial charge in [-0.25, -0.2) is 13.6 Å². The van der Waals surface area contributed by atoms with Crippen LogP contribution >= 0.6 is 0 Å². The maximum absolute atomic E-state index is 14.3. The molecule has 3 amide bonds. The molecule has 1 atom stereocenters. The van der Waals surface area contributed by atoms with E-state index >= 15 is 0 Å². The number of nitrogens with one attached hydrogen (secondary N) is 1. The minimum Gasteiger partial charge on any atom is -0.497 e. The van der Waals surface area contributed by atoms with E-state index in [-0.39, 0.29) is 24.2 Å². The third-order valence-electron chi connectivity index (χ3n) is 7.15. The van der Waals surface area contributed by atoms with E-state index in [0.29, 0.717) is 17.5 Å². The van der Waals surface area contributed by atoms with Crippen LogP contribution in [0.1, 0.15) is 30.1 Å². The number of hydrogen-bond donors (Lipinski definition) is 1. The molecule has 4 aromatic rings. The minimum absolute atomic E-state index is 0.138. The van der Waals surface area contributed by atoms with Gasteiger partial charge in [-0.3, -0.25) is 9.69 Å². The van der Waals surface area contributed by atoms with Gasteiger partial charge in [0.1, 0.15) is 30.0 Å². The summed E-state index contributed by atoms with van der Waals surface area (Å²) in [4.78, 5) is 30.6. The van der Waals surface area contributed by atoms with Gasteiger partial charge in [0.15, 0.2) is 0 Å². The average Bonchev–Trinajstić information content (AvgIpc) is 3.67. The van der Waals surface area contributed by atoms with E-state index in [0.717, 1.165) is 35.9 Å². The second-order valence-electron chi connectivity index (χ2n) is 9.64. The summed E-state index contributed by atoms with van der Waals surface area (Å²) in [6, 6.07) is 20.9. The molecule has 3 aromatic carbocycles. The van der Waals surface area contributed by atoms with Crippen LogP contribution in [0.2, 0.25) is 0 Å². The van der Waals surface area contributed by atoms with Crippen molar-refractivity contribution in [2.75, 3.05) is 23.9 Å². The number of para-hydroxylation sites is 2. The molecule has 0 spiro atoms. The normalized spacial score (nSPS) is 15.8. The Morgan fingerprint density at radius 3 is 2.41 bits per heavy atom. The molecule has 2 heterocycles. The molecular weight excluding hydrogens is 502 g/mol. The molecular formula is C30H26F2N4O3. The molecule has 1 saturated carbocycles. The van der Waals surface area contributed by atoms with Crippen molar-refractivity contribution >= 4 is 23.3 Å². The number of nitrogens with zero attached hydrogens (tertiary/aromatic N) is 3. The Morgan fingerprint density at radius 2 is 1.72 bits per heavy atom. The standard InChI is InChI=1S/C30H26F2N4O3/c1-39-22-13-8-19(9-14-22)29-27-7-4-16-34(27)25-5-2-3-6-26(25)36(29)28(37)18-35(21-11-12-21)30(38)33-24-15-10-20(31)17-23(24)32/h2-10,13-17,21,29H,11-12,18H2,1H3,(H,33,38). The van der Waals surface area contributed by atoms with E-state index in [2.05, 4.69) is 9.88 Å². The summed E-state index contributed by atoms with van der Waals surface area (Å²) in [6.45, 7) is -0.207. The van der Waals surface area contributed by atoms with E-state index < -0.39 is 23.7 Å². The summed E-state index contributed by atoms with van der Waals surface area (Å²) >= 11 is 0. The lowest BCUT2D eigenvalue weighted by atomic mass is 9.97. The highest BCUT2D eigenvalue weighted by atomic mass is 19.1. The van der Waals surface area contributed by atoms with Crippen molar-refractivity contribution < 1.29 is 23.1 Å². The Morgan fingerprint density at radius 1 is 0.974 bits per heavy atom. The summed E-state index contributed by atoms with van der Waals surface area (Å²) in [5.41, 5.74) is 3.22. The van der Waals surface area contributed by atoms with E-state index in [1.807, 2.05) is 66.9 Å². The van der Waals surface area contributed by atoms with E-state index in [9.17, 15) is 18.4 Å². The lowest BCUT2D eigenvalue weighted by Crippen LogP contribution is -2.48. The first-order valence-electron chi connectivity index (χ1n) is 12.7. The number of methoxy groups -OCH3 is 1. The van der Waals surface area contributed by atoms with Crippen LogP contribution < -0.4 is 15.0 Å². The van der Waals surface area contributed by atoms with Crippen LogP contribution in [0.4, 0.5) is 25.0 Å². The zero-order valence-corrected chi connectivity index (χ0v) is 21.2. The lowest BCUT2D eigenvalue weighted by Gasteiger charge is -2.39. The van der Waals surface area contributed by atoms with E-state index in [1.165, 1.54) is 11.0 Å². The molecule has 1 aromatic heterocycles. The summed E-state index contributed by atoms with van der Waals surface area (Å²) in [6.07, 6.45) is 3.45. The topological polar surface area (TPSA) is 66.8 Å². The zero-order valence-electron chi connectivity index (χ0n) is 21.2. The van der Waals surface area contributed by atoms with E-state index in [4.69, 9.17) is 4.74 Å². The van der Waals surface area contributed by atoms with Crippen molar-refractivity contribution in [3.8, 4) is 11.4 Å². The second-order valence-corrected chi connectivity index (χ2v) is 9.64. The number of hydrogen-bond acceptors (Lipinski definition) is 3. The molecule has 0 saturated heterocycles. The number of benzene rings is 3. The van der Waals surface area contributed by atoms with Gasteiger partial charge < -0.3 is 19.5 Å². The minimum atomic E-state index is -0.879. The zero-order chi connectivity index (χ0) is 27.1. The Balaban J connectivity index is 1.35. The number of carbonyl (C=O) groups is 2. The summed E-state index contributed by atoms with van der Waals surface area (Å²) in [5.74, 6) is -1.20. The maximum atomic E-state index is 14.3. The first-order chi connectivity index (χ1) is 18.9. The quantitative estimate of drug-likeness (QED) is 0.339. The second kappa shape index (κ2) is 9.90. The molecule has 6 rings (SSSR count). The first kappa shape index (κ1) is 24.7. The number of amides is 3. The Labute approximate surface area is 224 Å². The predicted octanol–water partition coefficient (Wildman–Crippen LogP) is 5.90. The van der Waals surface area contributed by atoms with Gasteiger partial charge in [-0.2, -0.15) is 0 Å². The summed E-state index contributed by atoms with van der Waals surface area (Å²) in [7, 11) is 1.60. The van der Waals surface area contributed by atoms with Crippen molar-refractivity contribution in [1.82, 2.24) is 9.47 Å². The molecule has 0 bridgehead atoms. The monoisotopic (exact) mass is 528 g/mol. The number of rotatable bonds is 6. The highest BCUT2D eigenvalue weighted by Gasteiger charge is 2.40. The van der Waals surface area contributed by atoms with Gasteiger partial charge in [0, 0.05) is 18.3 Å². The van der Waals surface area contributed by atoms with Crippen LogP contribution in [0.25, 0.3) is 5.69 Å². The highest BCUT2D eigenvalue weighted by molar-refractivity contribution is 6.01. The molecule has 0 radical (unpaired) electrons. The third kappa shape index (κ3) is 4.60. The van der Waals surface area contributed by atoms with Crippen molar-refractivity contribution in [3.05, 3.63) is 108 Å². The molecule has 9 heteroatoms. The van der Waals surface area contributed by atoms with Crippen molar-refractivity contribution in [2.24, 2.45) is 0 Å². The van der Waals surface area contributed by atoms with Crippen LogP contribution in [0, 0.1) is 11.6 Å². The van der Waals surface area contributed by atoms with Crippen LogP contribution in [-0.2, 0) is 4.79 Å². The van der Waals surface area contributed by atoms with Crippen molar-refractivity contribution in [3.63, 3.8) is 0 Å². The average molecular weight is 529 g/mol. The van der Waals surface area contributed by atoms with Crippen LogP contribution in [0.3, 0.4) is 0 Å². The van der Waals surface area contributed by atoms with Gasteiger partial charge in [0.2, 0.25) is 5.91 Å². The summed E-state index contributed by atoms with van der Waals surface area (Å²) < 4.78 is 35.0. The van der Waals surface area contributed by atoms with Crippen LogP contribution in [-0.4, -0.2) is 41.1 Å². The number of ether oxygens (including phenoxy) is 1. The van der Waals surface area contributed by atoms with Crippen molar-refractivity contribution in [1.29, 1.82) is 0 Å². The largest absolute Gasteiger partial charge is 0.497 e. The van der Waals surface area contributed by atoms with Gasteiger partial charge in [-0.15, -0.1) is 0 Å². The number of carbonyl (C=O) groups excluding carboxylic acids is 2. The van der Waals surface area contributed by atoms with Crippen LogP contribution in [0.5, 0.6) is 5.75 Å². The summed E-state index contributed by atoms with van der Waals surface area (Å²) in [5, 5.41) is 2.51. The Hall–Kier alpha value is -4.66. The Bertz CT molecular complexity index is 1550. The molecule has 39 heavy (non-hydrogen) atoms. The van der Waals surface area contributed by atoms with Crippen LogP contribution in [0.15, 0.2) is 85.1 Å². The fraction of sp³-hybridized carbons (Fsp3) is 0.200. The maximum Gasteiger partial charge on any atom is 0.322 e. The molecule has 7 nitrogen and oxygen atoms in total. The molecule has 2 aliphatic rings. The number of urea groups is 1. The number of anilines is 2. The first-order valence-corrected chi connectivity index (χ1v) is 12.7. The smallest absolute Gasteiger partial charge is 0.322 e. The molecule has 1 aliphatic heterocycles. The van der Waals surface area contributed by atoms with Gasteiger partial charge in [-0.1, -0.05) is 24.3 Å². The highest BCUT2D eigenvalue weighted by Crippen LogP contribution is 2.43. The molecule has 1 fully saturated rings. The Kier molecular flexibility index (Phi) is 6.26. The molecule has 1 N–H and O–H groups in total. The van der Waals surface area contributed by atoms with Gasteiger partial charge in [-0.05, 0) is 66.9 Å². The van der Waals surface area contributed by atoms with E-state index in [1.54, 1.807) is 12.0 Å². The number of fused-ring (bicyclic) bond motifs is 3. The van der Waals surface area contributed by atoms with Gasteiger partial charge in [0.05, 0.1) is 29.9 Å². The molecule has 1 aliphatic carbocycles. The fourth-order valence-electron chi connectivity index (χ4n) is 5.12. The number of aromatic nitrogens is 1.